The first kappa shape index (κ1) is 10.4. The van der Waals surface area contributed by atoms with Gasteiger partial charge in [0.2, 0.25) is 0 Å². The second-order valence-electron chi connectivity index (χ2n) is 4.54. The van der Waals surface area contributed by atoms with Gasteiger partial charge < -0.3 is 5.11 Å². The molecular weight excluding hydrogens is 178 g/mol. The number of pyridine rings is 1. The van der Waals surface area contributed by atoms with E-state index >= 15 is 0 Å². The average Bonchev–Trinajstić information content (AvgIpc) is 2.04. The molecule has 1 aromatic heterocycles. The second-order valence-corrected chi connectivity index (χ2v) is 10.0. The minimum absolute atomic E-state index is 0.742. The molecule has 2 nitrogen and oxygen atoms in total. The van der Waals surface area contributed by atoms with E-state index in [4.69, 9.17) is 0 Å². The van der Waals surface area contributed by atoms with Crippen molar-refractivity contribution in [3.63, 3.8) is 0 Å². The number of hydrogen-bond acceptors (Lipinski definition) is 2. The summed E-state index contributed by atoms with van der Waals surface area (Å²) in [5.74, 6) is 0. The Morgan fingerprint density at radius 3 is 2.31 bits per heavy atom. The van der Waals surface area contributed by atoms with Gasteiger partial charge in [-0.15, -0.1) is 0 Å². The predicted octanol–water partition coefficient (Wildman–Crippen LogP) is 2.17. The van der Waals surface area contributed by atoms with Crippen LogP contribution in [-0.4, -0.2) is 18.2 Å². The smallest absolute Gasteiger partial charge is 0.0922 e. The molecule has 0 radical (unpaired) electrons. The van der Waals surface area contributed by atoms with Crippen LogP contribution in [0.15, 0.2) is 24.4 Å². The van der Waals surface area contributed by atoms with Crippen LogP contribution in [0.5, 0.6) is 0 Å². The fourth-order valence-corrected chi connectivity index (χ4v) is 1.95. The normalized spacial score (nSPS) is 16.7. The monoisotopic (exact) mass is 195 g/mol. The molecule has 1 heterocycles. The lowest BCUT2D eigenvalue weighted by Crippen LogP contribution is -2.47. The lowest BCUT2D eigenvalue weighted by atomic mass is 10.2. The van der Waals surface area contributed by atoms with Crippen molar-refractivity contribution in [2.24, 2.45) is 0 Å². The highest BCUT2D eigenvalue weighted by Crippen LogP contribution is 2.29. The lowest BCUT2D eigenvalue weighted by Gasteiger charge is -2.34. The highest BCUT2D eigenvalue weighted by atomic mass is 28.3. The minimum atomic E-state index is -1.63. The maximum atomic E-state index is 10.3. The number of rotatable bonds is 2. The first-order chi connectivity index (χ1) is 5.86. The van der Waals surface area contributed by atoms with Crippen molar-refractivity contribution in [3.8, 4) is 0 Å². The quantitative estimate of drug-likeness (QED) is 0.734. The van der Waals surface area contributed by atoms with Gasteiger partial charge in [0.1, 0.15) is 0 Å². The summed E-state index contributed by atoms with van der Waals surface area (Å²) in [4.78, 5) is 4.20. The van der Waals surface area contributed by atoms with Crippen molar-refractivity contribution in [2.45, 2.75) is 31.8 Å². The van der Waals surface area contributed by atoms with Crippen LogP contribution in [0.25, 0.3) is 0 Å². The summed E-state index contributed by atoms with van der Waals surface area (Å²) >= 11 is 0. The van der Waals surface area contributed by atoms with Crippen LogP contribution >= 0.6 is 0 Å². The van der Waals surface area contributed by atoms with Gasteiger partial charge in [0.15, 0.2) is 0 Å². The van der Waals surface area contributed by atoms with Gasteiger partial charge in [-0.25, -0.2) is 0 Å². The third-order valence-electron chi connectivity index (χ3n) is 2.62. The van der Waals surface area contributed by atoms with Crippen LogP contribution in [0, 0.1) is 0 Å². The van der Waals surface area contributed by atoms with E-state index in [0.29, 0.717) is 0 Å². The number of hydrogen-bond donors (Lipinski definition) is 1. The highest BCUT2D eigenvalue weighted by molar-refractivity contribution is 6.78. The summed E-state index contributed by atoms with van der Waals surface area (Å²) in [6.45, 7) is 8.28. The third kappa shape index (κ3) is 1.98. The molecule has 13 heavy (non-hydrogen) atoms. The van der Waals surface area contributed by atoms with Crippen LogP contribution in [0.1, 0.15) is 12.6 Å². The molecule has 0 aromatic carbocycles. The van der Waals surface area contributed by atoms with Crippen molar-refractivity contribution < 1.29 is 5.11 Å². The van der Waals surface area contributed by atoms with E-state index in [1.807, 2.05) is 25.1 Å². The van der Waals surface area contributed by atoms with Gasteiger partial charge in [0.05, 0.1) is 19.0 Å². The molecule has 0 aliphatic rings. The topological polar surface area (TPSA) is 33.1 Å². The maximum absolute atomic E-state index is 10.3. The van der Waals surface area contributed by atoms with Crippen molar-refractivity contribution in [1.29, 1.82) is 0 Å². The Morgan fingerprint density at radius 1 is 1.31 bits per heavy atom. The molecule has 0 saturated heterocycles. The maximum Gasteiger partial charge on any atom is 0.0922 e. The molecule has 0 bridgehead atoms. The summed E-state index contributed by atoms with van der Waals surface area (Å²) < 4.78 is 0. The molecule has 0 fully saturated rings. The van der Waals surface area contributed by atoms with E-state index in [0.717, 1.165) is 5.69 Å². The molecule has 1 N–H and O–H groups in total. The van der Waals surface area contributed by atoms with Gasteiger partial charge in [-0.1, -0.05) is 25.7 Å². The number of aromatic nitrogens is 1. The van der Waals surface area contributed by atoms with E-state index in [-0.39, 0.29) is 0 Å². The van der Waals surface area contributed by atoms with Crippen LogP contribution in [0.4, 0.5) is 0 Å². The summed E-state index contributed by atoms with van der Waals surface area (Å²) in [6, 6.07) is 5.67. The Bertz CT molecular complexity index is 277. The largest absolute Gasteiger partial charge is 0.388 e. The van der Waals surface area contributed by atoms with Gasteiger partial charge in [0, 0.05) is 6.20 Å². The summed E-state index contributed by atoms with van der Waals surface area (Å²) in [7, 11) is -1.63. The highest BCUT2D eigenvalue weighted by Gasteiger charge is 2.39. The molecule has 72 valence electrons. The predicted molar refractivity (Wildman–Crippen MR) is 57.2 cm³/mol. The molecular formula is C10H17NOSi. The van der Waals surface area contributed by atoms with Gasteiger partial charge in [0.25, 0.3) is 0 Å². The molecule has 1 unspecified atom stereocenters. The second kappa shape index (κ2) is 3.23. The molecule has 0 aliphatic carbocycles. The minimum Gasteiger partial charge on any atom is -0.388 e. The Kier molecular flexibility index (Phi) is 2.59. The molecule has 0 amide bonds. The van der Waals surface area contributed by atoms with Gasteiger partial charge in [-0.05, 0) is 19.1 Å². The van der Waals surface area contributed by atoms with Crippen molar-refractivity contribution in [1.82, 2.24) is 4.98 Å². The summed E-state index contributed by atoms with van der Waals surface area (Å²) in [6.07, 6.45) is 1.73. The van der Waals surface area contributed by atoms with Crippen LogP contribution in [0.2, 0.25) is 19.6 Å². The molecule has 1 rings (SSSR count). The lowest BCUT2D eigenvalue weighted by molar-refractivity contribution is 0.131. The van der Waals surface area contributed by atoms with Crippen molar-refractivity contribution >= 4 is 8.07 Å². The fraction of sp³-hybridized carbons (Fsp3) is 0.500. The zero-order valence-electron chi connectivity index (χ0n) is 8.70. The molecule has 1 atom stereocenters. The first-order valence-electron chi connectivity index (χ1n) is 4.49. The van der Waals surface area contributed by atoms with Crippen LogP contribution < -0.4 is 0 Å². The van der Waals surface area contributed by atoms with E-state index in [1.54, 1.807) is 6.20 Å². The Balaban J connectivity index is 3.08. The molecule has 1 aromatic rings. The number of aliphatic hydroxyl groups is 1. The number of nitrogens with zero attached hydrogens (tertiary/aromatic N) is 1. The van der Waals surface area contributed by atoms with Gasteiger partial charge >= 0.3 is 0 Å². The van der Waals surface area contributed by atoms with Gasteiger partial charge in [-0.2, -0.15) is 0 Å². The SMILES string of the molecule is CC(O)(c1ccccn1)[Si](C)(C)C. The van der Waals surface area contributed by atoms with E-state index < -0.39 is 13.3 Å². The van der Waals surface area contributed by atoms with Crippen LogP contribution in [-0.2, 0) is 5.22 Å². The van der Waals surface area contributed by atoms with E-state index in [9.17, 15) is 5.11 Å². The van der Waals surface area contributed by atoms with E-state index in [2.05, 4.69) is 24.6 Å². The van der Waals surface area contributed by atoms with Crippen molar-refractivity contribution in [2.75, 3.05) is 0 Å². The average molecular weight is 195 g/mol. The Morgan fingerprint density at radius 2 is 1.92 bits per heavy atom. The summed E-state index contributed by atoms with van der Waals surface area (Å²) in [5.41, 5.74) is 0.786. The van der Waals surface area contributed by atoms with Crippen LogP contribution in [0.3, 0.4) is 0 Å². The zero-order chi connectivity index (χ0) is 10.1. The molecule has 3 heteroatoms. The first-order valence-corrected chi connectivity index (χ1v) is 7.99. The molecule has 0 saturated carbocycles. The fourth-order valence-electron chi connectivity index (χ4n) is 1.03. The Labute approximate surface area is 80.7 Å². The van der Waals surface area contributed by atoms with Gasteiger partial charge in [-0.3, -0.25) is 4.98 Å². The van der Waals surface area contributed by atoms with E-state index in [1.165, 1.54) is 0 Å². The Hall–Kier alpha value is -0.673. The third-order valence-corrected chi connectivity index (χ3v) is 5.80. The standard InChI is InChI=1S/C10H17NOSi/c1-10(12,13(2,3)4)9-7-5-6-8-11-9/h5-8,12H,1-4H3. The molecule has 0 aliphatic heterocycles. The zero-order valence-corrected chi connectivity index (χ0v) is 9.70. The summed E-state index contributed by atoms with van der Waals surface area (Å²) in [5, 5.41) is 9.58. The van der Waals surface area contributed by atoms with Crippen molar-refractivity contribution in [3.05, 3.63) is 30.1 Å². The molecule has 0 spiro atoms.